The number of hydrogen-bond acceptors (Lipinski definition) is 5. The van der Waals surface area contributed by atoms with Gasteiger partial charge in [-0.1, -0.05) is 35.8 Å². The number of nitrogens with zero attached hydrogens (tertiary/aromatic N) is 2. The van der Waals surface area contributed by atoms with Gasteiger partial charge in [0.05, 0.1) is 19.5 Å². The number of benzene rings is 2. The van der Waals surface area contributed by atoms with Gasteiger partial charge in [0.15, 0.2) is 6.10 Å². The normalized spacial score (nSPS) is 24.4. The summed E-state index contributed by atoms with van der Waals surface area (Å²) in [5, 5.41) is 4.10. The fourth-order valence-electron chi connectivity index (χ4n) is 4.89. The molecule has 0 spiro atoms. The molecule has 0 aromatic heterocycles. The number of hydrogen-bond donors (Lipinski definition) is 1. The lowest BCUT2D eigenvalue weighted by Crippen LogP contribution is -2.60. The van der Waals surface area contributed by atoms with Crippen molar-refractivity contribution < 1.29 is 21.5 Å². The Balaban J connectivity index is 2.14. The van der Waals surface area contributed by atoms with Crippen molar-refractivity contribution in [1.29, 1.82) is 1.43 Å². The summed E-state index contributed by atoms with van der Waals surface area (Å²) in [4.78, 5) is 16.1. The number of carbonyl (C=O) groups is 1. The zero-order valence-electron chi connectivity index (χ0n) is 28.0. The van der Waals surface area contributed by atoms with Gasteiger partial charge in [-0.2, -0.15) is 0 Å². The molecule has 1 N–H and O–H groups in total. The summed E-state index contributed by atoms with van der Waals surface area (Å²) < 4.78 is 56.8. The Bertz CT molecular complexity index is 1190. The molecule has 2 aromatic rings. The summed E-state index contributed by atoms with van der Waals surface area (Å²) in [6.07, 6.45) is -0.851. The first-order valence-electron chi connectivity index (χ1n) is 15.1. The highest BCUT2D eigenvalue weighted by molar-refractivity contribution is 6.31. The highest BCUT2D eigenvalue weighted by Gasteiger charge is 2.38. The van der Waals surface area contributed by atoms with Gasteiger partial charge in [-0.25, -0.2) is 4.79 Å². The summed E-state index contributed by atoms with van der Waals surface area (Å²) in [5.74, 6) is -0.750. The van der Waals surface area contributed by atoms with Gasteiger partial charge in [0, 0.05) is 36.2 Å². The summed E-state index contributed by atoms with van der Waals surface area (Å²) in [6, 6.07) is -1.02. The highest BCUT2D eigenvalue weighted by atomic mass is 35.5. The molecule has 1 aliphatic rings. The Kier molecular flexibility index (Phi) is 6.59. The first kappa shape index (κ1) is 20.2. The van der Waals surface area contributed by atoms with Crippen LogP contribution in [-0.4, -0.2) is 64.8 Å². The average Bonchev–Trinajstić information content (AvgIpc) is 2.94. The fraction of sp³-hybridized carbons (Fsp3) is 0.552. The van der Waals surface area contributed by atoms with Crippen molar-refractivity contribution in [3.8, 4) is 0 Å². The van der Waals surface area contributed by atoms with Crippen molar-refractivity contribution in [3.63, 3.8) is 0 Å². The van der Waals surface area contributed by atoms with Gasteiger partial charge in [0.25, 0.3) is 1.43 Å². The molecular formula is C29H41ClN2O3. The molecule has 6 heteroatoms. The second-order valence-electron chi connectivity index (χ2n) is 9.91. The van der Waals surface area contributed by atoms with Gasteiger partial charge >= 0.3 is 5.97 Å². The summed E-state index contributed by atoms with van der Waals surface area (Å²) in [7, 11) is 0. The van der Waals surface area contributed by atoms with Gasteiger partial charge in [-0.05, 0) is 94.8 Å². The molecule has 2 aromatic carbocycles. The van der Waals surface area contributed by atoms with Crippen molar-refractivity contribution in [3.05, 3.63) is 68.6 Å². The monoisotopic (exact) mass is 506 g/mol. The maximum absolute atomic E-state index is 11.6. The zero-order valence-corrected chi connectivity index (χ0v) is 22.8. The van der Waals surface area contributed by atoms with Crippen LogP contribution in [0.1, 0.15) is 74.0 Å². The van der Waals surface area contributed by atoms with Crippen molar-refractivity contribution in [1.82, 2.24) is 9.80 Å². The van der Waals surface area contributed by atoms with E-state index in [0.29, 0.717) is 29.8 Å². The first-order chi connectivity index (χ1) is 19.1. The molecule has 5 nitrogen and oxygen atoms in total. The Morgan fingerprint density at radius 3 is 2.40 bits per heavy atom. The van der Waals surface area contributed by atoms with Crippen molar-refractivity contribution in [2.24, 2.45) is 0 Å². The van der Waals surface area contributed by atoms with E-state index in [9.17, 15) is 4.79 Å². The maximum Gasteiger partial charge on any atom is 0.332 e. The van der Waals surface area contributed by atoms with Crippen LogP contribution in [0.4, 0.5) is 0 Å². The lowest BCUT2D eigenvalue weighted by atomic mass is 9.87. The maximum atomic E-state index is 11.6. The topological polar surface area (TPSA) is 53.0 Å². The minimum atomic E-state index is -0.851. The zero-order chi connectivity index (χ0) is 31.1. The molecule has 5 unspecified atom stereocenters. The quantitative estimate of drug-likeness (QED) is 0.480. The van der Waals surface area contributed by atoms with Gasteiger partial charge in [-0.3, -0.25) is 9.80 Å². The van der Waals surface area contributed by atoms with E-state index in [1.165, 1.54) is 0 Å². The van der Waals surface area contributed by atoms with Crippen molar-refractivity contribution >= 4 is 17.6 Å². The van der Waals surface area contributed by atoms with Crippen molar-refractivity contribution in [2.75, 3.05) is 19.7 Å². The summed E-state index contributed by atoms with van der Waals surface area (Å²) >= 11 is 6.36. The van der Waals surface area contributed by atoms with Crippen LogP contribution in [0.15, 0.2) is 30.2 Å². The predicted molar refractivity (Wildman–Crippen MR) is 144 cm³/mol. The van der Waals surface area contributed by atoms with Crippen LogP contribution in [0.25, 0.3) is 1.43 Å². The lowest BCUT2D eigenvalue weighted by molar-refractivity contribution is -0.150. The molecule has 5 atom stereocenters. The van der Waals surface area contributed by atoms with Crippen LogP contribution in [0.2, 0.25) is 5.02 Å². The lowest BCUT2D eigenvalue weighted by Gasteiger charge is -2.50. The van der Waals surface area contributed by atoms with E-state index in [4.69, 9.17) is 24.6 Å². The standard InChI is InChI=1S/C29H41ClN2O3/c1-17-9-11-26(23(7)22(17)6)28(25-10-12-27(30)18(2)13-25)32-19(3)14-31(15-20(32)4)21(5)16-35-24(8)29(33)34/h9-13,19-21,24,28H,14-16H2,1-8H3,(H,33,34)/i9D,10D,11D,12D,13D/hD. The number of aliphatic carboxylic acids is 1. The molecule has 1 saturated heterocycles. The van der Waals surface area contributed by atoms with Crippen LogP contribution in [-0.2, 0) is 9.53 Å². The summed E-state index contributed by atoms with van der Waals surface area (Å²) in [5.41, 5.74) is 3.77. The number of piperazine rings is 1. The third-order valence-electron chi connectivity index (χ3n) is 7.28. The molecule has 1 heterocycles. The highest BCUT2D eigenvalue weighted by Crippen LogP contribution is 2.38. The van der Waals surface area contributed by atoms with E-state index in [2.05, 4.69) is 28.8 Å². The number of carboxylic acids is 1. The number of ether oxygens (including phenoxy) is 1. The Morgan fingerprint density at radius 1 is 1.11 bits per heavy atom. The van der Waals surface area contributed by atoms with Gasteiger partial charge < -0.3 is 9.85 Å². The van der Waals surface area contributed by atoms with E-state index in [-0.39, 0.29) is 60.0 Å². The van der Waals surface area contributed by atoms with Crippen LogP contribution in [0.5, 0.6) is 0 Å². The average molecular weight is 507 g/mol. The van der Waals surface area contributed by atoms with Crippen LogP contribution in [0.3, 0.4) is 0 Å². The van der Waals surface area contributed by atoms with E-state index in [1.807, 2.05) is 27.7 Å². The van der Waals surface area contributed by atoms with Crippen LogP contribution < -0.4 is 0 Å². The molecule has 0 bridgehead atoms. The van der Waals surface area contributed by atoms with E-state index >= 15 is 0 Å². The molecule has 192 valence electrons. The van der Waals surface area contributed by atoms with Gasteiger partial charge in [0.1, 0.15) is 0 Å². The number of halogens is 1. The molecule has 0 saturated carbocycles. The van der Waals surface area contributed by atoms with E-state index in [1.54, 1.807) is 13.8 Å². The van der Waals surface area contributed by atoms with Crippen molar-refractivity contribution in [2.45, 2.75) is 85.7 Å². The molecule has 0 aliphatic carbocycles. The third-order valence-corrected chi connectivity index (χ3v) is 7.65. The Hall–Kier alpha value is -1.92. The Labute approximate surface area is 224 Å². The number of carboxylic acid groups (broad SMARTS) is 1. The first-order valence-corrected chi connectivity index (χ1v) is 12.6. The number of rotatable bonds is 8. The molecule has 35 heavy (non-hydrogen) atoms. The SMILES string of the molecule is [2H]OC(=O)C(C)OCC(C)N1CC(C)N(C(c2c([2H])c([2H])c(Cl)c(C)c2[2H])c2c([2H])c([2H])c(C)c(C)c2C)C(C)C1. The molecule has 1 fully saturated rings. The minimum Gasteiger partial charge on any atom is -0.479 e. The smallest absolute Gasteiger partial charge is 0.332 e. The Morgan fingerprint density at radius 2 is 1.77 bits per heavy atom. The van der Waals surface area contributed by atoms with Gasteiger partial charge in [-0.15, -0.1) is 0 Å². The largest absolute Gasteiger partial charge is 0.479 e. The molecule has 0 amide bonds. The molecule has 3 rings (SSSR count). The van der Waals surface area contributed by atoms with Crippen LogP contribution in [0, 0.1) is 27.7 Å². The fourth-order valence-corrected chi connectivity index (χ4v) is 4.99. The van der Waals surface area contributed by atoms with Gasteiger partial charge in [0.2, 0.25) is 0 Å². The minimum absolute atomic E-state index is 0.0486. The third kappa shape index (κ3) is 6.08. The van der Waals surface area contributed by atoms with Crippen LogP contribution >= 0.6 is 11.6 Å². The van der Waals surface area contributed by atoms with E-state index < -0.39 is 18.1 Å². The second kappa shape index (κ2) is 11.4. The second-order valence-corrected chi connectivity index (χ2v) is 10.3. The van der Waals surface area contributed by atoms with E-state index in [0.717, 1.165) is 16.7 Å². The predicted octanol–water partition coefficient (Wildman–Crippen LogP) is 5.94. The molecule has 1 aliphatic heterocycles. The summed E-state index contributed by atoms with van der Waals surface area (Å²) in [6.45, 7) is 16.5. The molecule has 0 radical (unpaired) electrons. The molecular weight excluding hydrogens is 460 g/mol.